The number of piperidine rings is 1. The first kappa shape index (κ1) is 8.92. The Bertz CT molecular complexity index is 384. The van der Waals surface area contributed by atoms with Gasteiger partial charge in [0.1, 0.15) is 0 Å². The van der Waals surface area contributed by atoms with Gasteiger partial charge in [0.2, 0.25) is 0 Å². The molecular formula is C12H14N2O. The second kappa shape index (κ2) is 3.35. The Morgan fingerprint density at radius 1 is 1.53 bits per heavy atom. The van der Waals surface area contributed by atoms with E-state index in [-0.39, 0.29) is 6.10 Å². The normalized spacial score (nSPS) is 31.5. The van der Waals surface area contributed by atoms with Gasteiger partial charge in [0.25, 0.3) is 0 Å². The maximum atomic E-state index is 10.0. The minimum atomic E-state index is -0.265. The molecule has 1 N–H and O–H groups in total. The standard InChI is InChI=1S/C12H14N2O/c15-12-10-3-5-14(8-10)11(12)6-9-2-1-4-13-7-9/h1-2,4,6-7,10,12,15H,3,5,8H2. The molecule has 1 aromatic heterocycles. The molecule has 78 valence electrons. The number of nitrogens with zero attached hydrogens (tertiary/aromatic N) is 2. The Morgan fingerprint density at radius 2 is 2.47 bits per heavy atom. The van der Waals surface area contributed by atoms with Crippen LogP contribution in [-0.2, 0) is 0 Å². The topological polar surface area (TPSA) is 36.4 Å². The molecule has 0 spiro atoms. The van der Waals surface area contributed by atoms with Crippen molar-refractivity contribution >= 4 is 6.08 Å². The zero-order chi connectivity index (χ0) is 10.3. The highest BCUT2D eigenvalue weighted by Crippen LogP contribution is 2.36. The summed E-state index contributed by atoms with van der Waals surface area (Å²) in [5, 5.41) is 10.0. The number of hydrogen-bond donors (Lipinski definition) is 1. The molecule has 3 heteroatoms. The Labute approximate surface area is 89.1 Å². The minimum Gasteiger partial charge on any atom is -0.387 e. The molecular weight excluding hydrogens is 188 g/mol. The van der Waals surface area contributed by atoms with Crippen molar-refractivity contribution in [2.24, 2.45) is 5.92 Å². The molecule has 0 aromatic carbocycles. The van der Waals surface area contributed by atoms with Gasteiger partial charge < -0.3 is 10.0 Å². The summed E-state index contributed by atoms with van der Waals surface area (Å²) < 4.78 is 0. The third kappa shape index (κ3) is 1.43. The first-order valence-corrected chi connectivity index (χ1v) is 5.39. The minimum absolute atomic E-state index is 0.265. The van der Waals surface area contributed by atoms with Crippen LogP contribution in [0.4, 0.5) is 0 Å². The fourth-order valence-electron chi connectivity index (χ4n) is 2.52. The third-order valence-corrected chi connectivity index (χ3v) is 3.34. The van der Waals surface area contributed by atoms with Gasteiger partial charge in [-0.15, -0.1) is 0 Å². The summed E-state index contributed by atoms with van der Waals surface area (Å²) in [7, 11) is 0. The van der Waals surface area contributed by atoms with Crippen LogP contribution in [0.25, 0.3) is 6.08 Å². The van der Waals surface area contributed by atoms with E-state index in [1.165, 1.54) is 0 Å². The summed E-state index contributed by atoms with van der Waals surface area (Å²) in [4.78, 5) is 6.35. The van der Waals surface area contributed by atoms with Crippen molar-refractivity contribution in [3.63, 3.8) is 0 Å². The lowest BCUT2D eigenvalue weighted by molar-refractivity contribution is 0.153. The highest BCUT2D eigenvalue weighted by atomic mass is 16.3. The lowest BCUT2D eigenvalue weighted by Gasteiger charge is -2.22. The zero-order valence-electron chi connectivity index (χ0n) is 8.50. The van der Waals surface area contributed by atoms with E-state index in [9.17, 15) is 5.11 Å². The average Bonchev–Trinajstić information content (AvgIpc) is 2.84. The quantitative estimate of drug-likeness (QED) is 0.741. The second-order valence-electron chi connectivity index (χ2n) is 4.30. The molecule has 3 rings (SSSR count). The Kier molecular flexibility index (Phi) is 1.99. The van der Waals surface area contributed by atoms with Crippen molar-refractivity contribution in [3.8, 4) is 0 Å². The van der Waals surface area contributed by atoms with Crippen molar-refractivity contribution in [3.05, 3.63) is 35.8 Å². The molecule has 2 aliphatic rings. The number of aliphatic hydroxyl groups excluding tert-OH is 1. The van der Waals surface area contributed by atoms with E-state index in [1.54, 1.807) is 6.20 Å². The predicted molar refractivity (Wildman–Crippen MR) is 57.9 cm³/mol. The zero-order valence-corrected chi connectivity index (χ0v) is 8.50. The fraction of sp³-hybridized carbons (Fsp3) is 0.417. The van der Waals surface area contributed by atoms with Gasteiger partial charge in [-0.1, -0.05) is 6.07 Å². The molecule has 3 heterocycles. The lowest BCUT2D eigenvalue weighted by Crippen LogP contribution is -2.24. The number of aromatic nitrogens is 1. The van der Waals surface area contributed by atoms with E-state index in [0.717, 1.165) is 30.8 Å². The number of aliphatic hydroxyl groups is 1. The van der Waals surface area contributed by atoms with Crippen LogP contribution in [0.2, 0.25) is 0 Å². The summed E-state index contributed by atoms with van der Waals surface area (Å²) in [6.45, 7) is 2.11. The lowest BCUT2D eigenvalue weighted by atomic mass is 9.99. The molecule has 2 fully saturated rings. The van der Waals surface area contributed by atoms with Crippen LogP contribution in [0, 0.1) is 5.92 Å². The van der Waals surface area contributed by atoms with Crippen LogP contribution >= 0.6 is 0 Å². The van der Waals surface area contributed by atoms with Gasteiger partial charge in [-0.25, -0.2) is 0 Å². The molecule has 2 atom stereocenters. The van der Waals surface area contributed by atoms with Crippen LogP contribution in [0.3, 0.4) is 0 Å². The van der Waals surface area contributed by atoms with E-state index < -0.39 is 0 Å². The maximum Gasteiger partial charge on any atom is 0.0982 e. The van der Waals surface area contributed by atoms with Crippen molar-refractivity contribution < 1.29 is 5.11 Å². The van der Waals surface area contributed by atoms with Crippen molar-refractivity contribution in [2.75, 3.05) is 13.1 Å². The highest BCUT2D eigenvalue weighted by Gasteiger charge is 2.40. The SMILES string of the molecule is OC1C(=Cc2cccnc2)N2CCC1C2. The maximum absolute atomic E-state index is 10.0. The average molecular weight is 202 g/mol. The molecule has 1 aromatic rings. The van der Waals surface area contributed by atoms with E-state index in [1.807, 2.05) is 18.3 Å². The smallest absolute Gasteiger partial charge is 0.0982 e. The molecule has 2 unspecified atom stereocenters. The van der Waals surface area contributed by atoms with Gasteiger partial charge in [-0.05, 0) is 24.1 Å². The first-order chi connectivity index (χ1) is 7.34. The van der Waals surface area contributed by atoms with Crippen molar-refractivity contribution in [2.45, 2.75) is 12.5 Å². The van der Waals surface area contributed by atoms with Crippen molar-refractivity contribution in [1.82, 2.24) is 9.88 Å². The summed E-state index contributed by atoms with van der Waals surface area (Å²) in [6.07, 6.45) is 6.51. The van der Waals surface area contributed by atoms with E-state index in [4.69, 9.17) is 0 Å². The van der Waals surface area contributed by atoms with Gasteiger partial charge in [-0.2, -0.15) is 0 Å². The van der Waals surface area contributed by atoms with Gasteiger partial charge in [0, 0.05) is 37.1 Å². The van der Waals surface area contributed by atoms with Crippen LogP contribution in [0.15, 0.2) is 30.2 Å². The molecule has 2 saturated heterocycles. The highest BCUT2D eigenvalue weighted by molar-refractivity contribution is 5.53. The molecule has 15 heavy (non-hydrogen) atoms. The summed E-state index contributed by atoms with van der Waals surface area (Å²) in [5.41, 5.74) is 2.14. The molecule has 0 radical (unpaired) electrons. The first-order valence-electron chi connectivity index (χ1n) is 5.39. The number of fused-ring (bicyclic) bond motifs is 2. The van der Waals surface area contributed by atoms with Crippen LogP contribution in [0.1, 0.15) is 12.0 Å². The summed E-state index contributed by atoms with van der Waals surface area (Å²) >= 11 is 0. The number of rotatable bonds is 1. The fourth-order valence-corrected chi connectivity index (χ4v) is 2.52. The predicted octanol–water partition coefficient (Wildman–Crippen LogP) is 1.12. The molecule has 2 bridgehead atoms. The molecule has 3 nitrogen and oxygen atoms in total. The Morgan fingerprint density at radius 3 is 3.13 bits per heavy atom. The van der Waals surface area contributed by atoms with Gasteiger partial charge in [-0.3, -0.25) is 4.98 Å². The third-order valence-electron chi connectivity index (χ3n) is 3.34. The van der Waals surface area contributed by atoms with Crippen LogP contribution in [0.5, 0.6) is 0 Å². The van der Waals surface area contributed by atoms with Gasteiger partial charge >= 0.3 is 0 Å². The largest absolute Gasteiger partial charge is 0.387 e. The van der Waals surface area contributed by atoms with E-state index in [0.29, 0.717) is 5.92 Å². The number of hydrogen-bond acceptors (Lipinski definition) is 3. The monoisotopic (exact) mass is 202 g/mol. The molecule has 0 aliphatic carbocycles. The Balaban J connectivity index is 1.92. The van der Waals surface area contributed by atoms with Gasteiger partial charge in [0.05, 0.1) is 6.10 Å². The Hall–Kier alpha value is -1.35. The number of pyridine rings is 1. The summed E-state index contributed by atoms with van der Waals surface area (Å²) in [5.74, 6) is 0.452. The van der Waals surface area contributed by atoms with E-state index in [2.05, 4.69) is 16.0 Å². The molecule has 2 aliphatic heterocycles. The van der Waals surface area contributed by atoms with Crippen LogP contribution < -0.4 is 0 Å². The summed E-state index contributed by atoms with van der Waals surface area (Å²) in [6, 6.07) is 3.93. The van der Waals surface area contributed by atoms with Crippen molar-refractivity contribution in [1.29, 1.82) is 0 Å². The van der Waals surface area contributed by atoms with Gasteiger partial charge in [0.15, 0.2) is 0 Å². The van der Waals surface area contributed by atoms with E-state index >= 15 is 0 Å². The molecule has 0 saturated carbocycles. The molecule has 0 amide bonds. The second-order valence-corrected chi connectivity index (χ2v) is 4.30. The van der Waals surface area contributed by atoms with Crippen LogP contribution in [-0.4, -0.2) is 34.2 Å².